The van der Waals surface area contributed by atoms with Gasteiger partial charge in [-0.05, 0) is 19.9 Å². The van der Waals surface area contributed by atoms with Crippen molar-refractivity contribution in [1.29, 1.82) is 0 Å². The van der Waals surface area contributed by atoms with Crippen LogP contribution in [0.5, 0.6) is 5.88 Å². The molecule has 1 aromatic heterocycles. The Bertz CT molecular complexity index is 482. The normalized spacial score (nSPS) is 10.9. The van der Waals surface area contributed by atoms with Crippen molar-refractivity contribution in [3.63, 3.8) is 0 Å². The van der Waals surface area contributed by atoms with E-state index in [0.717, 1.165) is 5.39 Å². The van der Waals surface area contributed by atoms with Crippen LogP contribution in [0.1, 0.15) is 13.8 Å². The standard InChI is InChI=1S/C12H12FNO/c1-8(2)15-12-6-10-9(7-14-12)4-3-5-11(10)13/h3-8H,1-2H3. The number of benzene rings is 1. The zero-order valence-electron chi connectivity index (χ0n) is 8.70. The molecule has 78 valence electrons. The van der Waals surface area contributed by atoms with Crippen molar-refractivity contribution in [2.45, 2.75) is 20.0 Å². The molecule has 2 nitrogen and oxygen atoms in total. The van der Waals surface area contributed by atoms with E-state index in [2.05, 4.69) is 4.98 Å². The van der Waals surface area contributed by atoms with E-state index in [0.29, 0.717) is 11.3 Å². The summed E-state index contributed by atoms with van der Waals surface area (Å²) in [5.41, 5.74) is 0. The second-order valence-corrected chi connectivity index (χ2v) is 3.65. The van der Waals surface area contributed by atoms with Crippen LogP contribution in [0.3, 0.4) is 0 Å². The number of fused-ring (bicyclic) bond motifs is 1. The average Bonchev–Trinajstić information content (AvgIpc) is 2.18. The number of aromatic nitrogens is 1. The largest absolute Gasteiger partial charge is 0.475 e. The number of nitrogens with zero attached hydrogens (tertiary/aromatic N) is 1. The molecular weight excluding hydrogens is 193 g/mol. The molecule has 0 bridgehead atoms. The van der Waals surface area contributed by atoms with Crippen LogP contribution in [-0.4, -0.2) is 11.1 Å². The van der Waals surface area contributed by atoms with E-state index in [-0.39, 0.29) is 11.9 Å². The first-order valence-corrected chi connectivity index (χ1v) is 4.88. The van der Waals surface area contributed by atoms with Crippen LogP contribution in [0, 0.1) is 5.82 Å². The Morgan fingerprint density at radius 1 is 1.33 bits per heavy atom. The SMILES string of the molecule is CC(C)Oc1cc2c(F)cccc2cn1. The molecule has 0 spiro atoms. The molecule has 2 aromatic rings. The number of hydrogen-bond acceptors (Lipinski definition) is 2. The second kappa shape index (κ2) is 3.85. The fourth-order valence-electron chi connectivity index (χ4n) is 1.42. The summed E-state index contributed by atoms with van der Waals surface area (Å²) in [5, 5.41) is 1.33. The molecule has 0 aliphatic heterocycles. The Hall–Kier alpha value is -1.64. The molecule has 0 saturated heterocycles. The summed E-state index contributed by atoms with van der Waals surface area (Å²) >= 11 is 0. The van der Waals surface area contributed by atoms with Gasteiger partial charge in [-0.15, -0.1) is 0 Å². The molecule has 0 N–H and O–H groups in total. The van der Waals surface area contributed by atoms with Gasteiger partial charge < -0.3 is 4.74 Å². The van der Waals surface area contributed by atoms with E-state index in [1.165, 1.54) is 6.07 Å². The molecule has 0 unspecified atom stereocenters. The number of rotatable bonds is 2. The highest BCUT2D eigenvalue weighted by molar-refractivity contribution is 5.82. The van der Waals surface area contributed by atoms with Crippen molar-refractivity contribution in [2.24, 2.45) is 0 Å². The Labute approximate surface area is 87.7 Å². The van der Waals surface area contributed by atoms with Gasteiger partial charge in [0.05, 0.1) is 6.10 Å². The van der Waals surface area contributed by atoms with Crippen molar-refractivity contribution < 1.29 is 9.13 Å². The Kier molecular flexibility index (Phi) is 2.54. The zero-order valence-corrected chi connectivity index (χ0v) is 8.70. The smallest absolute Gasteiger partial charge is 0.214 e. The van der Waals surface area contributed by atoms with E-state index in [9.17, 15) is 4.39 Å². The highest BCUT2D eigenvalue weighted by Gasteiger charge is 2.04. The summed E-state index contributed by atoms with van der Waals surface area (Å²) in [6.45, 7) is 3.82. The van der Waals surface area contributed by atoms with Crippen LogP contribution in [0.15, 0.2) is 30.5 Å². The maximum Gasteiger partial charge on any atom is 0.214 e. The first-order chi connectivity index (χ1) is 7.16. The molecule has 1 heterocycles. The number of halogens is 1. The maximum absolute atomic E-state index is 13.4. The van der Waals surface area contributed by atoms with Crippen LogP contribution in [-0.2, 0) is 0 Å². The van der Waals surface area contributed by atoms with Crippen molar-refractivity contribution in [2.75, 3.05) is 0 Å². The lowest BCUT2D eigenvalue weighted by molar-refractivity contribution is 0.233. The molecule has 0 radical (unpaired) electrons. The lowest BCUT2D eigenvalue weighted by Gasteiger charge is -2.09. The molecule has 1 aromatic carbocycles. The predicted octanol–water partition coefficient (Wildman–Crippen LogP) is 3.16. The van der Waals surface area contributed by atoms with Crippen LogP contribution >= 0.6 is 0 Å². The summed E-state index contributed by atoms with van der Waals surface area (Å²) in [5.74, 6) is 0.214. The molecule has 0 aliphatic carbocycles. The zero-order chi connectivity index (χ0) is 10.8. The van der Waals surface area contributed by atoms with Crippen LogP contribution in [0.25, 0.3) is 10.8 Å². The number of hydrogen-bond donors (Lipinski definition) is 0. The van der Waals surface area contributed by atoms with Gasteiger partial charge in [-0.25, -0.2) is 9.37 Å². The van der Waals surface area contributed by atoms with Gasteiger partial charge in [-0.3, -0.25) is 0 Å². The summed E-state index contributed by atoms with van der Waals surface area (Å²) in [4.78, 5) is 4.10. The summed E-state index contributed by atoms with van der Waals surface area (Å²) in [7, 11) is 0. The van der Waals surface area contributed by atoms with Crippen molar-refractivity contribution in [1.82, 2.24) is 4.98 Å². The molecule has 0 saturated carbocycles. The fourth-order valence-corrected chi connectivity index (χ4v) is 1.42. The van der Waals surface area contributed by atoms with Crippen LogP contribution in [0.4, 0.5) is 4.39 Å². The quantitative estimate of drug-likeness (QED) is 0.751. The summed E-state index contributed by atoms with van der Waals surface area (Å²) in [6.07, 6.45) is 1.66. The summed E-state index contributed by atoms with van der Waals surface area (Å²) in [6, 6.07) is 6.55. The summed E-state index contributed by atoms with van der Waals surface area (Å²) < 4.78 is 18.8. The third-order valence-electron chi connectivity index (χ3n) is 2.04. The minimum Gasteiger partial charge on any atom is -0.475 e. The minimum absolute atomic E-state index is 0.0433. The van der Waals surface area contributed by atoms with Crippen LogP contribution < -0.4 is 4.74 Å². The van der Waals surface area contributed by atoms with E-state index in [1.807, 2.05) is 19.9 Å². The molecule has 0 fully saturated rings. The molecule has 15 heavy (non-hydrogen) atoms. The first kappa shape index (κ1) is 9.90. The van der Waals surface area contributed by atoms with Crippen molar-refractivity contribution in [3.05, 3.63) is 36.3 Å². The molecule has 0 aliphatic rings. The third-order valence-corrected chi connectivity index (χ3v) is 2.04. The monoisotopic (exact) mass is 205 g/mol. The van der Waals surface area contributed by atoms with Crippen molar-refractivity contribution >= 4 is 10.8 Å². The first-order valence-electron chi connectivity index (χ1n) is 4.88. The van der Waals surface area contributed by atoms with Crippen molar-refractivity contribution in [3.8, 4) is 5.88 Å². The number of pyridine rings is 1. The van der Waals surface area contributed by atoms with E-state index >= 15 is 0 Å². The highest BCUT2D eigenvalue weighted by Crippen LogP contribution is 2.21. The van der Waals surface area contributed by atoms with Gasteiger partial charge in [0, 0.05) is 23.0 Å². The van der Waals surface area contributed by atoms with Gasteiger partial charge in [-0.1, -0.05) is 12.1 Å². The predicted molar refractivity (Wildman–Crippen MR) is 57.5 cm³/mol. The molecule has 0 amide bonds. The Morgan fingerprint density at radius 2 is 2.13 bits per heavy atom. The topological polar surface area (TPSA) is 22.1 Å². The van der Waals surface area contributed by atoms with Crippen LogP contribution in [0.2, 0.25) is 0 Å². The number of ether oxygens (including phenoxy) is 1. The van der Waals surface area contributed by atoms with E-state index < -0.39 is 0 Å². The van der Waals surface area contributed by atoms with E-state index in [4.69, 9.17) is 4.74 Å². The van der Waals surface area contributed by atoms with Gasteiger partial charge >= 0.3 is 0 Å². The third kappa shape index (κ3) is 2.06. The van der Waals surface area contributed by atoms with Gasteiger partial charge in [0.1, 0.15) is 5.82 Å². The second-order valence-electron chi connectivity index (χ2n) is 3.65. The molecule has 0 atom stereocenters. The lowest BCUT2D eigenvalue weighted by atomic mass is 10.2. The lowest BCUT2D eigenvalue weighted by Crippen LogP contribution is -2.06. The molecule has 2 rings (SSSR count). The average molecular weight is 205 g/mol. The van der Waals surface area contributed by atoms with E-state index in [1.54, 1.807) is 18.3 Å². The molecular formula is C12H12FNO. The molecule has 3 heteroatoms. The van der Waals surface area contributed by atoms with Gasteiger partial charge in [0.2, 0.25) is 5.88 Å². The highest BCUT2D eigenvalue weighted by atomic mass is 19.1. The minimum atomic E-state index is -0.247. The maximum atomic E-state index is 13.4. The van der Waals surface area contributed by atoms with Gasteiger partial charge in [0.15, 0.2) is 0 Å². The van der Waals surface area contributed by atoms with Gasteiger partial charge in [-0.2, -0.15) is 0 Å². The Balaban J connectivity index is 2.50. The Morgan fingerprint density at radius 3 is 2.87 bits per heavy atom. The fraction of sp³-hybridized carbons (Fsp3) is 0.250. The van der Waals surface area contributed by atoms with Gasteiger partial charge in [0.25, 0.3) is 0 Å².